The topological polar surface area (TPSA) is 109 Å². The number of aliphatic carboxylic acids is 1. The highest BCUT2D eigenvalue weighted by molar-refractivity contribution is 7.98. The van der Waals surface area contributed by atoms with Gasteiger partial charge in [-0.3, -0.25) is 9.59 Å². The van der Waals surface area contributed by atoms with Crippen LogP contribution in [-0.2, 0) is 4.79 Å². The minimum absolute atomic E-state index is 0.202. The summed E-state index contributed by atoms with van der Waals surface area (Å²) in [4.78, 5) is 34.1. The molecule has 1 aromatic carbocycles. The van der Waals surface area contributed by atoms with Gasteiger partial charge in [-0.25, -0.2) is 4.79 Å². The van der Waals surface area contributed by atoms with Gasteiger partial charge in [0.15, 0.2) is 0 Å². The Labute approximate surface area is 120 Å². The van der Waals surface area contributed by atoms with Crippen LogP contribution in [0.1, 0.15) is 27.1 Å². The maximum atomic E-state index is 12.0. The Kier molecular flexibility index (Phi) is 6.05. The molecule has 0 aliphatic rings. The number of thioether (sulfide) groups is 1. The highest BCUT2D eigenvalue weighted by Crippen LogP contribution is 2.07. The molecule has 6 nitrogen and oxygen atoms in total. The largest absolute Gasteiger partial charge is 0.480 e. The molecule has 1 aromatic rings. The summed E-state index contributed by atoms with van der Waals surface area (Å²) in [5.74, 6) is -1.64. The maximum absolute atomic E-state index is 12.0. The lowest BCUT2D eigenvalue weighted by atomic mass is 10.1. The lowest BCUT2D eigenvalue weighted by Crippen LogP contribution is -2.41. The van der Waals surface area contributed by atoms with Crippen molar-refractivity contribution in [1.82, 2.24) is 5.32 Å². The number of amides is 2. The van der Waals surface area contributed by atoms with Gasteiger partial charge in [-0.1, -0.05) is 6.07 Å². The zero-order valence-corrected chi connectivity index (χ0v) is 11.8. The summed E-state index contributed by atoms with van der Waals surface area (Å²) in [7, 11) is 0. The number of nitrogens with one attached hydrogen (secondary N) is 1. The van der Waals surface area contributed by atoms with E-state index in [2.05, 4.69) is 5.32 Å². The van der Waals surface area contributed by atoms with E-state index < -0.39 is 23.8 Å². The van der Waals surface area contributed by atoms with Crippen molar-refractivity contribution >= 4 is 29.5 Å². The van der Waals surface area contributed by atoms with E-state index in [9.17, 15) is 14.4 Å². The van der Waals surface area contributed by atoms with Gasteiger partial charge in [0.1, 0.15) is 6.04 Å². The summed E-state index contributed by atoms with van der Waals surface area (Å²) in [5, 5.41) is 11.5. The molecule has 0 radical (unpaired) electrons. The number of primary amides is 1. The molecule has 0 aliphatic heterocycles. The van der Waals surface area contributed by atoms with Crippen LogP contribution in [0, 0.1) is 0 Å². The van der Waals surface area contributed by atoms with Crippen LogP contribution in [0.4, 0.5) is 0 Å². The van der Waals surface area contributed by atoms with E-state index in [0.717, 1.165) is 0 Å². The van der Waals surface area contributed by atoms with Gasteiger partial charge in [-0.2, -0.15) is 11.8 Å². The Hall–Kier alpha value is -2.02. The molecule has 2 amide bonds. The number of rotatable bonds is 7. The quantitative estimate of drug-likeness (QED) is 0.687. The lowest BCUT2D eigenvalue weighted by molar-refractivity contribution is -0.139. The molecule has 108 valence electrons. The van der Waals surface area contributed by atoms with Crippen LogP contribution >= 0.6 is 11.8 Å². The van der Waals surface area contributed by atoms with Gasteiger partial charge < -0.3 is 16.2 Å². The number of hydrogen-bond donors (Lipinski definition) is 3. The summed E-state index contributed by atoms with van der Waals surface area (Å²) >= 11 is 1.50. The molecule has 0 aromatic heterocycles. The minimum atomic E-state index is -1.08. The lowest BCUT2D eigenvalue weighted by Gasteiger charge is -2.14. The zero-order valence-electron chi connectivity index (χ0n) is 11.0. The Morgan fingerprint density at radius 3 is 2.55 bits per heavy atom. The van der Waals surface area contributed by atoms with Gasteiger partial charge in [0, 0.05) is 11.1 Å². The van der Waals surface area contributed by atoms with Crippen molar-refractivity contribution < 1.29 is 19.5 Å². The van der Waals surface area contributed by atoms with Crippen molar-refractivity contribution in [3.8, 4) is 0 Å². The molecular weight excluding hydrogens is 280 g/mol. The van der Waals surface area contributed by atoms with E-state index >= 15 is 0 Å². The van der Waals surface area contributed by atoms with Crippen molar-refractivity contribution in [2.24, 2.45) is 5.73 Å². The molecule has 7 heteroatoms. The monoisotopic (exact) mass is 296 g/mol. The molecule has 0 unspecified atom stereocenters. The van der Waals surface area contributed by atoms with E-state index in [4.69, 9.17) is 10.8 Å². The number of hydrogen-bond acceptors (Lipinski definition) is 4. The molecule has 0 bridgehead atoms. The molecule has 0 spiro atoms. The van der Waals surface area contributed by atoms with Crippen LogP contribution in [0.15, 0.2) is 24.3 Å². The van der Waals surface area contributed by atoms with E-state index in [1.165, 1.54) is 36.0 Å². The van der Waals surface area contributed by atoms with E-state index in [1.54, 1.807) is 0 Å². The average Bonchev–Trinajstić information content (AvgIpc) is 2.42. The van der Waals surface area contributed by atoms with Crippen molar-refractivity contribution in [2.45, 2.75) is 12.5 Å². The summed E-state index contributed by atoms with van der Waals surface area (Å²) < 4.78 is 0. The molecule has 1 atom stereocenters. The van der Waals surface area contributed by atoms with Crippen LogP contribution in [0.3, 0.4) is 0 Å². The van der Waals surface area contributed by atoms with Gasteiger partial charge in [0.05, 0.1) is 0 Å². The number of carboxylic acid groups (broad SMARTS) is 1. The highest BCUT2D eigenvalue weighted by Gasteiger charge is 2.20. The normalized spacial score (nSPS) is 11.7. The molecule has 20 heavy (non-hydrogen) atoms. The number of carbonyl (C=O) groups excluding carboxylic acids is 2. The third kappa shape index (κ3) is 4.58. The van der Waals surface area contributed by atoms with E-state index in [-0.39, 0.29) is 11.1 Å². The van der Waals surface area contributed by atoms with E-state index in [1.807, 2.05) is 6.26 Å². The fourth-order valence-electron chi connectivity index (χ4n) is 1.55. The second-order valence-corrected chi connectivity index (χ2v) is 5.08. The first kappa shape index (κ1) is 16.0. The number of carbonyl (C=O) groups is 3. The van der Waals surface area contributed by atoms with Crippen molar-refractivity contribution in [1.29, 1.82) is 0 Å². The Balaban J connectivity index is 2.80. The second kappa shape index (κ2) is 7.54. The predicted molar refractivity (Wildman–Crippen MR) is 76.8 cm³/mol. The first-order valence-electron chi connectivity index (χ1n) is 5.88. The summed E-state index contributed by atoms with van der Waals surface area (Å²) in [6.07, 6.45) is 2.19. The summed E-state index contributed by atoms with van der Waals surface area (Å²) in [6.45, 7) is 0. The molecular formula is C13H16N2O4S. The van der Waals surface area contributed by atoms with Gasteiger partial charge >= 0.3 is 5.97 Å². The van der Waals surface area contributed by atoms with Gasteiger partial charge in [0.2, 0.25) is 5.91 Å². The van der Waals surface area contributed by atoms with E-state index in [0.29, 0.717) is 12.2 Å². The molecule has 0 saturated heterocycles. The standard InChI is InChI=1S/C13H16N2O4S/c1-20-6-5-10(13(18)19)15-12(17)9-4-2-3-8(7-9)11(14)16/h2-4,7,10H,5-6H2,1H3,(H2,14,16)(H,15,17)(H,18,19)/t10-/m0/s1. The number of benzene rings is 1. The molecule has 0 fully saturated rings. The van der Waals surface area contributed by atoms with Crippen molar-refractivity contribution in [3.63, 3.8) is 0 Å². The SMILES string of the molecule is CSCC[C@H](NC(=O)c1cccc(C(N)=O)c1)C(=O)O. The molecule has 0 saturated carbocycles. The Bertz CT molecular complexity index is 519. The van der Waals surface area contributed by atoms with Gasteiger partial charge in [0.25, 0.3) is 5.91 Å². The molecule has 0 aliphatic carbocycles. The third-order valence-electron chi connectivity index (χ3n) is 2.62. The third-order valence-corrected chi connectivity index (χ3v) is 3.27. The van der Waals surface area contributed by atoms with Crippen LogP contribution in [0.2, 0.25) is 0 Å². The van der Waals surface area contributed by atoms with Crippen LogP contribution in [0.5, 0.6) is 0 Å². The number of nitrogens with two attached hydrogens (primary N) is 1. The van der Waals surface area contributed by atoms with Crippen LogP contribution < -0.4 is 11.1 Å². The van der Waals surface area contributed by atoms with Gasteiger partial charge in [-0.05, 0) is 36.6 Å². The second-order valence-electron chi connectivity index (χ2n) is 4.09. The summed E-state index contributed by atoms with van der Waals surface area (Å²) in [6, 6.07) is 4.89. The van der Waals surface area contributed by atoms with Gasteiger partial charge in [-0.15, -0.1) is 0 Å². The predicted octanol–water partition coefficient (Wildman–Crippen LogP) is 0.722. The Morgan fingerprint density at radius 2 is 2.00 bits per heavy atom. The van der Waals surface area contributed by atoms with Crippen LogP contribution in [0.25, 0.3) is 0 Å². The maximum Gasteiger partial charge on any atom is 0.326 e. The first-order valence-corrected chi connectivity index (χ1v) is 7.27. The molecule has 1 rings (SSSR count). The van der Waals surface area contributed by atoms with Crippen molar-refractivity contribution in [2.75, 3.05) is 12.0 Å². The fourth-order valence-corrected chi connectivity index (χ4v) is 2.02. The van der Waals surface area contributed by atoms with Crippen LogP contribution in [-0.4, -0.2) is 40.9 Å². The number of carboxylic acids is 1. The highest BCUT2D eigenvalue weighted by atomic mass is 32.2. The minimum Gasteiger partial charge on any atom is -0.480 e. The molecule has 0 heterocycles. The molecule has 4 N–H and O–H groups in total. The smallest absolute Gasteiger partial charge is 0.326 e. The van der Waals surface area contributed by atoms with Crippen molar-refractivity contribution in [3.05, 3.63) is 35.4 Å². The fraction of sp³-hybridized carbons (Fsp3) is 0.308. The average molecular weight is 296 g/mol. The Morgan fingerprint density at radius 1 is 1.35 bits per heavy atom. The first-order chi connectivity index (χ1) is 9.45. The summed E-state index contributed by atoms with van der Waals surface area (Å²) in [5.41, 5.74) is 5.54. The zero-order chi connectivity index (χ0) is 15.1.